The summed E-state index contributed by atoms with van der Waals surface area (Å²) < 4.78 is 6.18. The molecule has 5 heterocycles. The van der Waals surface area contributed by atoms with Crippen LogP contribution in [0, 0.1) is 0 Å². The highest BCUT2D eigenvalue weighted by Gasteiger charge is 2.18. The third-order valence-corrected chi connectivity index (χ3v) is 6.38. The quantitative estimate of drug-likeness (QED) is 0.476. The molecule has 148 valence electrons. The molecule has 6 rings (SSSR count). The summed E-state index contributed by atoms with van der Waals surface area (Å²) in [5.41, 5.74) is 3.21. The van der Waals surface area contributed by atoms with Gasteiger partial charge in [-0.1, -0.05) is 12.1 Å². The smallest absolute Gasteiger partial charge is 0.291 e. The minimum atomic E-state index is -0.130. The van der Waals surface area contributed by atoms with Crippen molar-refractivity contribution < 1.29 is 0 Å². The molecule has 0 spiro atoms. The summed E-state index contributed by atoms with van der Waals surface area (Å²) in [6, 6.07) is 7.79. The molecule has 0 unspecified atom stereocenters. The van der Waals surface area contributed by atoms with E-state index < -0.39 is 0 Å². The summed E-state index contributed by atoms with van der Waals surface area (Å²) in [7, 11) is 1.88. The van der Waals surface area contributed by atoms with Crippen molar-refractivity contribution in [3.8, 4) is 0 Å². The van der Waals surface area contributed by atoms with Gasteiger partial charge in [-0.15, -0.1) is 11.3 Å². The first-order valence-corrected chi connectivity index (χ1v) is 10.2. The van der Waals surface area contributed by atoms with Crippen LogP contribution in [-0.2, 0) is 20.1 Å². The average Bonchev–Trinajstić information content (AvgIpc) is 3.52. The van der Waals surface area contributed by atoms with Crippen molar-refractivity contribution in [2.75, 3.05) is 0 Å². The molecule has 9 nitrogen and oxygen atoms in total. The van der Waals surface area contributed by atoms with Crippen molar-refractivity contribution in [3.05, 3.63) is 70.0 Å². The number of rotatable bonds is 4. The van der Waals surface area contributed by atoms with E-state index in [4.69, 9.17) is 4.98 Å². The van der Waals surface area contributed by atoms with E-state index in [0.29, 0.717) is 18.6 Å². The number of fused-ring (bicyclic) bond motifs is 4. The topological polar surface area (TPSA) is 99.2 Å². The molecule has 0 aliphatic carbocycles. The van der Waals surface area contributed by atoms with E-state index in [1.165, 1.54) is 4.68 Å². The van der Waals surface area contributed by atoms with E-state index in [-0.39, 0.29) is 5.56 Å². The first-order valence-electron chi connectivity index (χ1n) is 9.41. The highest BCUT2D eigenvalue weighted by Crippen LogP contribution is 2.31. The summed E-state index contributed by atoms with van der Waals surface area (Å²) in [6.07, 6.45) is 7.20. The molecule has 0 aliphatic heterocycles. The van der Waals surface area contributed by atoms with Gasteiger partial charge >= 0.3 is 0 Å². The highest BCUT2D eigenvalue weighted by atomic mass is 32.1. The van der Waals surface area contributed by atoms with Crippen LogP contribution in [0.15, 0.2) is 53.8 Å². The highest BCUT2D eigenvalue weighted by molar-refractivity contribution is 7.19. The van der Waals surface area contributed by atoms with Crippen LogP contribution in [0.4, 0.5) is 0 Å². The van der Waals surface area contributed by atoms with Crippen LogP contribution in [0.1, 0.15) is 10.6 Å². The van der Waals surface area contributed by atoms with Crippen molar-refractivity contribution in [3.63, 3.8) is 0 Å². The number of nitrogens with zero attached hydrogens (tertiary/aromatic N) is 7. The van der Waals surface area contributed by atoms with Gasteiger partial charge in [0, 0.05) is 30.2 Å². The number of hydrogen-bond acceptors (Lipinski definition) is 6. The zero-order valence-electron chi connectivity index (χ0n) is 16.0. The normalized spacial score (nSPS) is 11.9. The lowest BCUT2D eigenvalue weighted by Gasteiger charge is -2.07. The Kier molecular flexibility index (Phi) is 3.62. The van der Waals surface area contributed by atoms with Crippen LogP contribution >= 0.6 is 11.3 Å². The fraction of sp³-hybridized carbons (Fsp3) is 0.150. The van der Waals surface area contributed by atoms with Crippen molar-refractivity contribution in [2.45, 2.75) is 13.1 Å². The predicted molar refractivity (Wildman–Crippen MR) is 115 cm³/mol. The largest absolute Gasteiger partial charge is 0.323 e. The molecule has 0 atom stereocenters. The molecule has 0 saturated carbocycles. The molecule has 0 fully saturated rings. The molecule has 10 heteroatoms. The summed E-state index contributed by atoms with van der Waals surface area (Å²) in [4.78, 5) is 18.0. The van der Waals surface area contributed by atoms with E-state index in [0.717, 1.165) is 37.2 Å². The predicted octanol–water partition coefficient (Wildman–Crippen LogP) is 2.51. The zero-order valence-corrected chi connectivity index (χ0v) is 16.8. The Morgan fingerprint density at radius 3 is 2.90 bits per heavy atom. The Morgan fingerprint density at radius 1 is 1.10 bits per heavy atom. The number of hydrogen-bond donors (Lipinski definition) is 1. The summed E-state index contributed by atoms with van der Waals surface area (Å²) in [5.74, 6) is 0. The first kappa shape index (κ1) is 17.1. The fourth-order valence-electron chi connectivity index (χ4n) is 3.87. The molecule has 6 aromatic rings. The second-order valence-electron chi connectivity index (χ2n) is 7.14. The van der Waals surface area contributed by atoms with Gasteiger partial charge in [0.05, 0.1) is 35.7 Å². The SMILES string of the molecule is Cn1c2nc(Cn3cccn3)sc2c2cnn(Cc3cccc4[nH]ncc34)c(=O)c21. The third kappa shape index (κ3) is 2.50. The van der Waals surface area contributed by atoms with E-state index in [2.05, 4.69) is 20.4 Å². The molecule has 0 aliphatic rings. The van der Waals surface area contributed by atoms with Crippen LogP contribution in [-0.4, -0.2) is 39.3 Å². The molecule has 1 aromatic carbocycles. The Balaban J connectivity index is 1.45. The number of nitrogens with one attached hydrogen (secondary N) is 1. The van der Waals surface area contributed by atoms with Crippen molar-refractivity contribution in [2.24, 2.45) is 7.05 Å². The van der Waals surface area contributed by atoms with Gasteiger partial charge in [0.1, 0.15) is 10.5 Å². The maximum atomic E-state index is 13.3. The zero-order chi connectivity index (χ0) is 20.2. The number of aromatic amines is 1. The van der Waals surface area contributed by atoms with Crippen LogP contribution in [0.3, 0.4) is 0 Å². The van der Waals surface area contributed by atoms with Gasteiger partial charge in [0.2, 0.25) is 0 Å². The van der Waals surface area contributed by atoms with Gasteiger partial charge in [-0.25, -0.2) is 9.67 Å². The molecular formula is C20H16N8OS. The lowest BCUT2D eigenvalue weighted by atomic mass is 10.1. The average molecular weight is 416 g/mol. The third-order valence-electron chi connectivity index (χ3n) is 5.32. The number of aromatic nitrogens is 8. The van der Waals surface area contributed by atoms with Crippen LogP contribution in [0.2, 0.25) is 0 Å². The molecule has 0 radical (unpaired) electrons. The lowest BCUT2D eigenvalue weighted by molar-refractivity contribution is 0.646. The Morgan fingerprint density at radius 2 is 2.03 bits per heavy atom. The number of thiazole rings is 1. The van der Waals surface area contributed by atoms with Crippen molar-refractivity contribution in [1.82, 2.24) is 39.3 Å². The molecule has 0 saturated heterocycles. The monoisotopic (exact) mass is 416 g/mol. The van der Waals surface area contributed by atoms with Gasteiger partial charge in [-0.05, 0) is 17.7 Å². The second-order valence-corrected chi connectivity index (χ2v) is 8.22. The number of H-pyrrole nitrogens is 1. The van der Waals surface area contributed by atoms with Gasteiger partial charge in [-0.2, -0.15) is 15.3 Å². The number of benzene rings is 1. The fourth-order valence-corrected chi connectivity index (χ4v) is 4.97. The summed E-state index contributed by atoms with van der Waals surface area (Å²) >= 11 is 1.57. The summed E-state index contributed by atoms with van der Waals surface area (Å²) in [6.45, 7) is 0.982. The minimum absolute atomic E-state index is 0.130. The van der Waals surface area contributed by atoms with E-state index in [1.54, 1.807) is 29.9 Å². The maximum absolute atomic E-state index is 13.3. The molecule has 30 heavy (non-hydrogen) atoms. The van der Waals surface area contributed by atoms with E-state index in [9.17, 15) is 4.79 Å². The second kappa shape index (κ2) is 6.36. The van der Waals surface area contributed by atoms with Crippen LogP contribution in [0.5, 0.6) is 0 Å². The van der Waals surface area contributed by atoms with Gasteiger partial charge in [0.15, 0.2) is 5.65 Å². The lowest BCUT2D eigenvalue weighted by Crippen LogP contribution is -2.24. The van der Waals surface area contributed by atoms with E-state index in [1.807, 2.05) is 46.8 Å². The van der Waals surface area contributed by atoms with E-state index >= 15 is 0 Å². The standard InChI is InChI=1S/C20H16N8OS/c1-26-17-14(18-19(26)24-16(30-18)11-27-7-3-6-22-27)9-23-28(20(17)29)10-12-4-2-5-15-13(12)8-21-25-15/h2-9H,10-11H2,1H3,(H,21,25). The number of aryl methyl sites for hydroxylation is 1. The van der Waals surface area contributed by atoms with Gasteiger partial charge in [0.25, 0.3) is 5.56 Å². The molecule has 0 bridgehead atoms. The molecule has 0 amide bonds. The maximum Gasteiger partial charge on any atom is 0.291 e. The van der Waals surface area contributed by atoms with Crippen molar-refractivity contribution in [1.29, 1.82) is 0 Å². The Labute approximate surface area is 173 Å². The summed E-state index contributed by atoms with van der Waals surface area (Å²) in [5, 5.41) is 18.5. The van der Waals surface area contributed by atoms with Crippen LogP contribution < -0.4 is 5.56 Å². The minimum Gasteiger partial charge on any atom is -0.323 e. The first-order chi connectivity index (χ1) is 14.7. The Bertz CT molecular complexity index is 1580. The molecule has 1 N–H and O–H groups in total. The van der Waals surface area contributed by atoms with Crippen LogP contribution in [0.25, 0.3) is 32.2 Å². The van der Waals surface area contributed by atoms with Gasteiger partial charge in [-0.3, -0.25) is 14.6 Å². The van der Waals surface area contributed by atoms with Crippen molar-refractivity contribution >= 4 is 43.5 Å². The van der Waals surface area contributed by atoms with Gasteiger partial charge < -0.3 is 4.57 Å². The Hall–Kier alpha value is -3.79. The molecular weight excluding hydrogens is 400 g/mol. The molecule has 5 aromatic heterocycles.